The maximum atomic E-state index is 12.0. The molecule has 6 nitrogen and oxygen atoms in total. The third-order valence-corrected chi connectivity index (χ3v) is 7.27. The molecule has 25 heavy (non-hydrogen) atoms. The Labute approximate surface area is 150 Å². The minimum absolute atomic E-state index is 0.140. The smallest absolute Gasteiger partial charge is 0.409 e. The van der Waals surface area contributed by atoms with E-state index >= 15 is 0 Å². The third kappa shape index (κ3) is 2.92. The van der Waals surface area contributed by atoms with Gasteiger partial charge in [0.05, 0.1) is 7.11 Å². The van der Waals surface area contributed by atoms with Gasteiger partial charge in [-0.25, -0.2) is 4.79 Å². The Morgan fingerprint density at radius 3 is 2.16 bits per heavy atom. The molecule has 6 heteroatoms. The second-order valence-corrected chi connectivity index (χ2v) is 8.39. The third-order valence-electron chi connectivity index (χ3n) is 7.27. The number of likely N-dealkylation sites (tertiary alicyclic amines) is 1. The van der Waals surface area contributed by atoms with Crippen LogP contribution in [-0.4, -0.2) is 78.1 Å². The molecule has 3 saturated heterocycles. The lowest BCUT2D eigenvalue weighted by Crippen LogP contribution is -2.52. The number of carbonyl (C=O) groups excluding carboxylic acids is 2. The molecule has 2 bridgehead atoms. The number of amides is 2. The molecular weight excluding hydrogens is 318 g/mol. The summed E-state index contributed by atoms with van der Waals surface area (Å²) in [6.07, 6.45) is 4.32. The number of fused-ring (bicyclic) bond motifs is 3. The fourth-order valence-electron chi connectivity index (χ4n) is 5.84. The molecule has 4 rings (SSSR count). The van der Waals surface area contributed by atoms with Crippen LogP contribution in [0.25, 0.3) is 0 Å². The van der Waals surface area contributed by atoms with Gasteiger partial charge >= 0.3 is 6.09 Å². The van der Waals surface area contributed by atoms with E-state index in [1.54, 1.807) is 6.92 Å². The summed E-state index contributed by atoms with van der Waals surface area (Å²) in [6.45, 7) is 7.89. The van der Waals surface area contributed by atoms with Crippen molar-refractivity contribution < 1.29 is 14.3 Å². The Morgan fingerprint density at radius 2 is 1.68 bits per heavy atom. The predicted octanol–water partition coefficient (Wildman–Crippen LogP) is 1.79. The van der Waals surface area contributed by atoms with E-state index in [4.69, 9.17) is 4.74 Å². The van der Waals surface area contributed by atoms with Gasteiger partial charge in [-0.05, 0) is 50.4 Å². The first kappa shape index (κ1) is 17.1. The predicted molar refractivity (Wildman–Crippen MR) is 94.0 cm³/mol. The van der Waals surface area contributed by atoms with Crippen LogP contribution in [0.2, 0.25) is 0 Å². The van der Waals surface area contributed by atoms with Crippen molar-refractivity contribution in [1.82, 2.24) is 14.7 Å². The molecule has 2 unspecified atom stereocenters. The van der Waals surface area contributed by atoms with Gasteiger partial charge in [-0.3, -0.25) is 9.69 Å². The minimum atomic E-state index is -0.140. The van der Waals surface area contributed by atoms with Gasteiger partial charge in [0.1, 0.15) is 0 Å². The van der Waals surface area contributed by atoms with Crippen LogP contribution >= 0.6 is 0 Å². The molecule has 0 N–H and O–H groups in total. The van der Waals surface area contributed by atoms with Gasteiger partial charge in [-0.2, -0.15) is 0 Å². The van der Waals surface area contributed by atoms with Gasteiger partial charge in [0, 0.05) is 51.2 Å². The van der Waals surface area contributed by atoms with E-state index in [1.165, 1.54) is 20.2 Å². The average Bonchev–Trinajstić information content (AvgIpc) is 2.91. The van der Waals surface area contributed by atoms with Gasteiger partial charge in [0.2, 0.25) is 5.91 Å². The summed E-state index contributed by atoms with van der Waals surface area (Å²) in [4.78, 5) is 30.3. The van der Waals surface area contributed by atoms with E-state index in [2.05, 4.69) is 11.8 Å². The second-order valence-electron chi connectivity index (χ2n) is 8.39. The van der Waals surface area contributed by atoms with Gasteiger partial charge in [0.15, 0.2) is 0 Å². The van der Waals surface area contributed by atoms with Crippen molar-refractivity contribution in [2.24, 2.45) is 17.8 Å². The molecule has 4 fully saturated rings. The molecule has 0 spiro atoms. The summed E-state index contributed by atoms with van der Waals surface area (Å²) in [7, 11) is 1.49. The molecule has 0 aromatic heterocycles. The van der Waals surface area contributed by atoms with Crippen molar-refractivity contribution >= 4 is 12.0 Å². The summed E-state index contributed by atoms with van der Waals surface area (Å²) >= 11 is 0. The maximum absolute atomic E-state index is 12.0. The van der Waals surface area contributed by atoms with Crippen LogP contribution < -0.4 is 0 Å². The highest BCUT2D eigenvalue weighted by Gasteiger charge is 2.58. The van der Waals surface area contributed by atoms with E-state index in [-0.39, 0.29) is 12.0 Å². The number of ether oxygens (including phenoxy) is 1. The Bertz CT molecular complexity index is 528. The second kappa shape index (κ2) is 6.45. The van der Waals surface area contributed by atoms with E-state index in [9.17, 15) is 9.59 Å². The molecule has 0 aromatic carbocycles. The maximum Gasteiger partial charge on any atom is 0.409 e. The Balaban J connectivity index is 1.30. The first-order chi connectivity index (χ1) is 12.0. The summed E-state index contributed by atoms with van der Waals surface area (Å²) in [6, 6.07) is 1.37. The van der Waals surface area contributed by atoms with Crippen molar-refractivity contribution in [3.63, 3.8) is 0 Å². The minimum Gasteiger partial charge on any atom is -0.453 e. The van der Waals surface area contributed by atoms with Crippen LogP contribution in [0.15, 0.2) is 0 Å². The van der Waals surface area contributed by atoms with Crippen LogP contribution in [0.1, 0.15) is 39.5 Å². The van der Waals surface area contributed by atoms with Crippen LogP contribution in [-0.2, 0) is 9.53 Å². The summed E-state index contributed by atoms with van der Waals surface area (Å²) in [5.41, 5.74) is 0. The zero-order valence-corrected chi connectivity index (χ0v) is 15.7. The molecule has 0 aromatic rings. The van der Waals surface area contributed by atoms with E-state index in [0.29, 0.717) is 24.0 Å². The first-order valence-electron chi connectivity index (χ1n) is 9.89. The Kier molecular flexibility index (Phi) is 4.42. The quantitative estimate of drug-likeness (QED) is 0.777. The highest BCUT2D eigenvalue weighted by Crippen LogP contribution is 2.53. The van der Waals surface area contributed by atoms with Crippen molar-refractivity contribution in [2.45, 2.75) is 57.7 Å². The number of hydrogen-bond acceptors (Lipinski definition) is 4. The number of piperidine rings is 2. The van der Waals surface area contributed by atoms with Crippen LogP contribution in [0.4, 0.5) is 4.79 Å². The molecule has 2 amide bonds. The Morgan fingerprint density at radius 1 is 1.08 bits per heavy atom. The summed E-state index contributed by atoms with van der Waals surface area (Å²) in [5, 5.41) is 0. The monoisotopic (exact) mass is 349 g/mol. The highest BCUT2D eigenvalue weighted by atomic mass is 16.5. The Hall–Kier alpha value is -1.30. The van der Waals surface area contributed by atoms with Crippen molar-refractivity contribution in [1.29, 1.82) is 0 Å². The topological polar surface area (TPSA) is 53.1 Å². The van der Waals surface area contributed by atoms with Crippen molar-refractivity contribution in [3.05, 3.63) is 0 Å². The molecule has 3 heterocycles. The zero-order valence-electron chi connectivity index (χ0n) is 15.7. The van der Waals surface area contributed by atoms with Gasteiger partial charge in [-0.1, -0.05) is 0 Å². The molecule has 1 aliphatic carbocycles. The van der Waals surface area contributed by atoms with E-state index in [1.807, 2.05) is 9.80 Å². The largest absolute Gasteiger partial charge is 0.453 e. The van der Waals surface area contributed by atoms with Crippen LogP contribution in [0.3, 0.4) is 0 Å². The molecule has 5 atom stereocenters. The average molecular weight is 349 g/mol. The summed E-state index contributed by atoms with van der Waals surface area (Å²) in [5.74, 6) is 2.48. The summed E-state index contributed by atoms with van der Waals surface area (Å²) < 4.78 is 4.98. The molecule has 3 aliphatic heterocycles. The van der Waals surface area contributed by atoms with Crippen molar-refractivity contribution in [3.8, 4) is 0 Å². The molecular formula is C19H31N3O3. The molecule has 0 radical (unpaired) electrons. The van der Waals surface area contributed by atoms with E-state index in [0.717, 1.165) is 50.6 Å². The number of nitrogens with zero attached hydrogens (tertiary/aromatic N) is 3. The first-order valence-corrected chi connectivity index (χ1v) is 9.89. The lowest BCUT2D eigenvalue weighted by molar-refractivity contribution is -0.129. The zero-order chi connectivity index (χ0) is 17.7. The van der Waals surface area contributed by atoms with Crippen LogP contribution in [0.5, 0.6) is 0 Å². The SMILES string of the molecule is CCN(C[C@@H]1[C@H]2CN(C3CC4CCC(C3)N4C(=O)OC)C[C@@H]12)C(C)=O. The lowest BCUT2D eigenvalue weighted by Gasteiger charge is -2.42. The van der Waals surface area contributed by atoms with Gasteiger partial charge < -0.3 is 14.5 Å². The highest BCUT2D eigenvalue weighted by molar-refractivity contribution is 5.73. The number of rotatable bonds is 4. The number of carbonyl (C=O) groups is 2. The molecule has 4 aliphatic rings. The molecule has 1 saturated carbocycles. The lowest BCUT2D eigenvalue weighted by atomic mass is 9.96. The fraction of sp³-hybridized carbons (Fsp3) is 0.895. The fourth-order valence-corrected chi connectivity index (χ4v) is 5.84. The number of methoxy groups -OCH3 is 1. The van der Waals surface area contributed by atoms with Crippen molar-refractivity contribution in [2.75, 3.05) is 33.3 Å². The molecule has 140 valence electrons. The van der Waals surface area contributed by atoms with E-state index < -0.39 is 0 Å². The van der Waals surface area contributed by atoms with Gasteiger partial charge in [-0.15, -0.1) is 0 Å². The standard InChI is InChI=1S/C19H31N3O3/c1-4-20(12(2)23)9-16-17-10-21(11-18(16)17)15-7-13-5-6-14(8-15)22(13)19(24)25-3/h13-18H,4-11H2,1-3H3/t13?,14?,15?,16-,17-,18+. The van der Waals surface area contributed by atoms with Gasteiger partial charge in [0.25, 0.3) is 0 Å². The normalized spacial score (nSPS) is 39.2. The van der Waals surface area contributed by atoms with Crippen LogP contribution in [0, 0.1) is 17.8 Å². The number of hydrogen-bond donors (Lipinski definition) is 0.